The topological polar surface area (TPSA) is 29.1 Å². The van der Waals surface area contributed by atoms with Gasteiger partial charge in [0.05, 0.1) is 0 Å². The van der Waals surface area contributed by atoms with Crippen molar-refractivity contribution < 1.29 is 4.79 Å². The molecule has 0 atom stereocenters. The van der Waals surface area contributed by atoms with Crippen molar-refractivity contribution >= 4 is 17.5 Å². The van der Waals surface area contributed by atoms with E-state index >= 15 is 0 Å². The summed E-state index contributed by atoms with van der Waals surface area (Å²) < 4.78 is 0. The van der Waals surface area contributed by atoms with Crippen LogP contribution >= 0.6 is 11.6 Å². The molecule has 0 unspecified atom stereocenters. The maximum atomic E-state index is 11.6. The van der Waals surface area contributed by atoms with E-state index in [4.69, 9.17) is 11.6 Å². The van der Waals surface area contributed by atoms with Crippen LogP contribution in [0, 0.1) is 0 Å². The van der Waals surface area contributed by atoms with E-state index in [2.05, 4.69) is 26.1 Å². The third-order valence-corrected chi connectivity index (χ3v) is 3.36. The summed E-state index contributed by atoms with van der Waals surface area (Å²) >= 11 is 5.88. The summed E-state index contributed by atoms with van der Waals surface area (Å²) in [4.78, 5) is 11.6. The summed E-state index contributed by atoms with van der Waals surface area (Å²) in [5, 5.41) is 3.74. The predicted octanol–water partition coefficient (Wildman–Crippen LogP) is 3.92. The Morgan fingerprint density at radius 1 is 1.28 bits per heavy atom. The monoisotopic (exact) mass is 267 g/mol. The quantitative estimate of drug-likeness (QED) is 0.832. The second-order valence-electron chi connectivity index (χ2n) is 5.27. The number of hydrogen-bond acceptors (Lipinski definition) is 1. The van der Waals surface area contributed by atoms with Crippen LogP contribution in [0.1, 0.15) is 45.6 Å². The summed E-state index contributed by atoms with van der Waals surface area (Å²) in [6.07, 6.45) is 2.62. The average Bonchev–Trinajstić information content (AvgIpc) is 2.34. The van der Waals surface area contributed by atoms with E-state index in [1.54, 1.807) is 0 Å². The van der Waals surface area contributed by atoms with E-state index in [9.17, 15) is 4.79 Å². The average molecular weight is 268 g/mol. The van der Waals surface area contributed by atoms with Crippen LogP contribution in [0.4, 0.5) is 0 Å². The number of carbonyl (C=O) groups is 1. The lowest BCUT2D eigenvalue weighted by Gasteiger charge is -2.25. The van der Waals surface area contributed by atoms with Crippen molar-refractivity contribution in [1.29, 1.82) is 0 Å². The molecular formula is C15H22ClNO. The number of halogens is 1. The molecule has 100 valence electrons. The molecule has 0 aliphatic carbocycles. The molecule has 1 amide bonds. The van der Waals surface area contributed by atoms with Gasteiger partial charge in [-0.2, -0.15) is 0 Å². The molecule has 0 spiro atoms. The molecule has 0 aliphatic rings. The summed E-state index contributed by atoms with van der Waals surface area (Å²) in [5.41, 5.74) is 1.11. The molecule has 18 heavy (non-hydrogen) atoms. The lowest BCUT2D eigenvalue weighted by molar-refractivity contribution is -0.121. The normalized spacial score (nSPS) is 11.3. The SMILES string of the molecule is CCCCC(=O)NCC(C)(C)c1ccc(Cl)cc1. The summed E-state index contributed by atoms with van der Waals surface area (Å²) in [6, 6.07) is 7.80. The van der Waals surface area contributed by atoms with E-state index in [-0.39, 0.29) is 11.3 Å². The van der Waals surface area contributed by atoms with Gasteiger partial charge in [0.2, 0.25) is 5.91 Å². The van der Waals surface area contributed by atoms with Gasteiger partial charge in [0, 0.05) is 23.4 Å². The maximum absolute atomic E-state index is 11.6. The largest absolute Gasteiger partial charge is 0.355 e. The highest BCUT2D eigenvalue weighted by Crippen LogP contribution is 2.23. The third-order valence-electron chi connectivity index (χ3n) is 3.11. The molecule has 3 heteroatoms. The molecule has 0 heterocycles. The van der Waals surface area contributed by atoms with E-state index < -0.39 is 0 Å². The van der Waals surface area contributed by atoms with Crippen LogP contribution < -0.4 is 5.32 Å². The van der Waals surface area contributed by atoms with Crippen molar-refractivity contribution in [2.24, 2.45) is 0 Å². The van der Waals surface area contributed by atoms with Gasteiger partial charge in [0.15, 0.2) is 0 Å². The van der Waals surface area contributed by atoms with Gasteiger partial charge in [-0.15, -0.1) is 0 Å². The number of amides is 1. The van der Waals surface area contributed by atoms with Crippen LogP contribution in [0.2, 0.25) is 5.02 Å². The fourth-order valence-electron chi connectivity index (χ4n) is 1.75. The lowest BCUT2D eigenvalue weighted by Crippen LogP contribution is -2.36. The number of carbonyl (C=O) groups excluding carboxylic acids is 1. The molecular weight excluding hydrogens is 246 g/mol. The van der Waals surface area contributed by atoms with Crippen molar-refractivity contribution in [2.75, 3.05) is 6.54 Å². The maximum Gasteiger partial charge on any atom is 0.220 e. The smallest absolute Gasteiger partial charge is 0.220 e. The molecule has 0 saturated heterocycles. The van der Waals surface area contributed by atoms with E-state index in [1.165, 1.54) is 5.56 Å². The number of hydrogen-bond donors (Lipinski definition) is 1. The first kappa shape index (κ1) is 15.0. The fourth-order valence-corrected chi connectivity index (χ4v) is 1.87. The number of rotatable bonds is 6. The molecule has 0 radical (unpaired) electrons. The highest BCUT2D eigenvalue weighted by Gasteiger charge is 2.21. The van der Waals surface area contributed by atoms with Gasteiger partial charge < -0.3 is 5.32 Å². The first-order chi connectivity index (χ1) is 8.45. The van der Waals surface area contributed by atoms with Crippen LogP contribution in [0.5, 0.6) is 0 Å². The second-order valence-corrected chi connectivity index (χ2v) is 5.71. The Labute approximate surface area is 115 Å². The van der Waals surface area contributed by atoms with E-state index in [1.807, 2.05) is 24.3 Å². The fraction of sp³-hybridized carbons (Fsp3) is 0.533. The predicted molar refractivity (Wildman–Crippen MR) is 77.0 cm³/mol. The van der Waals surface area contributed by atoms with Crippen LogP contribution in [-0.4, -0.2) is 12.5 Å². The zero-order valence-corrected chi connectivity index (χ0v) is 12.2. The Morgan fingerprint density at radius 2 is 1.89 bits per heavy atom. The minimum atomic E-state index is -0.0769. The molecule has 1 aromatic rings. The van der Waals surface area contributed by atoms with Crippen LogP contribution in [0.15, 0.2) is 24.3 Å². The van der Waals surface area contributed by atoms with Gasteiger partial charge in [0.1, 0.15) is 0 Å². The van der Waals surface area contributed by atoms with Gasteiger partial charge >= 0.3 is 0 Å². The highest BCUT2D eigenvalue weighted by molar-refractivity contribution is 6.30. The number of unbranched alkanes of at least 4 members (excludes halogenated alkanes) is 1. The van der Waals surface area contributed by atoms with Crippen LogP contribution in [-0.2, 0) is 10.2 Å². The molecule has 1 N–H and O–H groups in total. The molecule has 0 aliphatic heterocycles. The number of nitrogens with one attached hydrogen (secondary N) is 1. The first-order valence-corrected chi connectivity index (χ1v) is 6.86. The first-order valence-electron chi connectivity index (χ1n) is 6.48. The van der Waals surface area contributed by atoms with Crippen molar-refractivity contribution in [3.63, 3.8) is 0 Å². The standard InChI is InChI=1S/C15H22ClNO/c1-4-5-6-14(18)17-11-15(2,3)12-7-9-13(16)10-8-12/h7-10H,4-6,11H2,1-3H3,(H,17,18). The van der Waals surface area contributed by atoms with Gasteiger partial charge in [-0.3, -0.25) is 4.79 Å². The van der Waals surface area contributed by atoms with E-state index in [0.29, 0.717) is 13.0 Å². The Hall–Kier alpha value is -1.02. The lowest BCUT2D eigenvalue weighted by atomic mass is 9.84. The minimum Gasteiger partial charge on any atom is -0.355 e. The van der Waals surface area contributed by atoms with Crippen molar-refractivity contribution in [3.05, 3.63) is 34.9 Å². The van der Waals surface area contributed by atoms with Crippen molar-refractivity contribution in [1.82, 2.24) is 5.32 Å². The van der Waals surface area contributed by atoms with Gasteiger partial charge in [0.25, 0.3) is 0 Å². The zero-order valence-electron chi connectivity index (χ0n) is 11.4. The Kier molecular flexibility index (Phi) is 5.67. The Balaban J connectivity index is 2.54. The van der Waals surface area contributed by atoms with Gasteiger partial charge in [-0.1, -0.05) is 50.9 Å². The van der Waals surface area contributed by atoms with E-state index in [0.717, 1.165) is 17.9 Å². The van der Waals surface area contributed by atoms with Gasteiger partial charge in [-0.05, 0) is 24.1 Å². The van der Waals surface area contributed by atoms with Crippen molar-refractivity contribution in [3.8, 4) is 0 Å². The second kappa shape index (κ2) is 6.79. The Morgan fingerprint density at radius 3 is 2.44 bits per heavy atom. The molecule has 1 aromatic carbocycles. The summed E-state index contributed by atoms with van der Waals surface area (Å²) in [5.74, 6) is 0.138. The third kappa shape index (κ3) is 4.69. The van der Waals surface area contributed by atoms with Crippen molar-refractivity contribution in [2.45, 2.75) is 45.4 Å². The molecule has 2 nitrogen and oxygen atoms in total. The van der Waals surface area contributed by atoms with Gasteiger partial charge in [-0.25, -0.2) is 0 Å². The Bertz CT molecular complexity index is 384. The minimum absolute atomic E-state index is 0.0769. The number of benzene rings is 1. The summed E-state index contributed by atoms with van der Waals surface area (Å²) in [6.45, 7) is 6.98. The molecule has 0 bridgehead atoms. The summed E-state index contributed by atoms with van der Waals surface area (Å²) in [7, 11) is 0. The highest BCUT2D eigenvalue weighted by atomic mass is 35.5. The molecule has 1 rings (SSSR count). The van der Waals surface area contributed by atoms with Crippen LogP contribution in [0.25, 0.3) is 0 Å². The molecule has 0 fully saturated rings. The molecule has 0 aromatic heterocycles. The van der Waals surface area contributed by atoms with Crippen LogP contribution in [0.3, 0.4) is 0 Å². The zero-order chi connectivity index (χ0) is 13.6. The molecule has 0 saturated carbocycles.